The minimum absolute atomic E-state index is 0.252. The minimum atomic E-state index is 0.252. The number of aryl methyl sites for hydroxylation is 1. The largest absolute Gasteiger partial charge is 0.376 e. The fourth-order valence-electron chi connectivity index (χ4n) is 3.15. The molecule has 1 saturated heterocycles. The predicted octanol–water partition coefficient (Wildman–Crippen LogP) is 3.23. The first-order chi connectivity index (χ1) is 12.3. The minimum Gasteiger partial charge on any atom is -0.376 e. The van der Waals surface area contributed by atoms with Crippen molar-refractivity contribution in [1.82, 2.24) is 20.0 Å². The third-order valence-corrected chi connectivity index (χ3v) is 4.79. The van der Waals surface area contributed by atoms with Gasteiger partial charge in [-0.1, -0.05) is 24.0 Å². The summed E-state index contributed by atoms with van der Waals surface area (Å²) in [6.07, 6.45) is 11.0. The molecule has 0 radical (unpaired) electrons. The topological polar surface area (TPSA) is 52.8 Å². The van der Waals surface area contributed by atoms with Crippen molar-refractivity contribution in [3.63, 3.8) is 0 Å². The number of hydrogen-bond donors (Lipinski definition) is 0. The van der Waals surface area contributed by atoms with Crippen molar-refractivity contribution >= 4 is 0 Å². The summed E-state index contributed by atoms with van der Waals surface area (Å²) in [7, 11) is 0. The van der Waals surface area contributed by atoms with Crippen molar-refractivity contribution in [1.29, 1.82) is 0 Å². The molecule has 0 bridgehead atoms. The monoisotopic (exact) mass is 336 g/mol. The fourth-order valence-corrected chi connectivity index (χ4v) is 3.15. The highest BCUT2D eigenvalue weighted by atomic mass is 16.5. The van der Waals surface area contributed by atoms with Crippen molar-refractivity contribution in [2.24, 2.45) is 5.92 Å². The molecule has 25 heavy (non-hydrogen) atoms. The van der Waals surface area contributed by atoms with Gasteiger partial charge in [-0.3, -0.25) is 4.98 Å². The molecule has 5 nitrogen and oxygen atoms in total. The average molecular weight is 336 g/mol. The Labute approximate surface area is 148 Å². The van der Waals surface area contributed by atoms with Gasteiger partial charge in [0.25, 0.3) is 0 Å². The highest BCUT2D eigenvalue weighted by molar-refractivity contribution is 5.59. The van der Waals surface area contributed by atoms with Crippen molar-refractivity contribution in [2.75, 3.05) is 6.61 Å². The summed E-state index contributed by atoms with van der Waals surface area (Å²) >= 11 is 0. The smallest absolute Gasteiger partial charge is 0.131 e. The highest BCUT2D eigenvalue weighted by Gasteiger charge is 2.18. The molecule has 1 aliphatic carbocycles. The van der Waals surface area contributed by atoms with E-state index >= 15 is 0 Å². The highest BCUT2D eigenvalue weighted by Crippen LogP contribution is 2.28. The van der Waals surface area contributed by atoms with Crippen LogP contribution in [0.5, 0.6) is 0 Å². The molecule has 1 atom stereocenters. The number of pyridine rings is 1. The van der Waals surface area contributed by atoms with E-state index in [-0.39, 0.29) is 6.10 Å². The lowest BCUT2D eigenvalue weighted by Crippen LogP contribution is -2.24. The zero-order chi connectivity index (χ0) is 17.1. The second-order valence-corrected chi connectivity index (χ2v) is 6.94. The molecule has 5 heteroatoms. The van der Waals surface area contributed by atoms with Crippen LogP contribution in [-0.2, 0) is 17.7 Å². The van der Waals surface area contributed by atoms with Crippen LogP contribution in [0.15, 0.2) is 18.5 Å². The Hall–Kier alpha value is -2.19. The first-order valence-corrected chi connectivity index (χ1v) is 9.34. The van der Waals surface area contributed by atoms with E-state index in [0.717, 1.165) is 42.9 Å². The molecule has 0 N–H and O–H groups in total. The molecule has 0 aromatic carbocycles. The summed E-state index contributed by atoms with van der Waals surface area (Å²) in [5.41, 5.74) is 3.91. The molecule has 4 rings (SSSR count). The van der Waals surface area contributed by atoms with E-state index in [1.54, 1.807) is 0 Å². The van der Waals surface area contributed by atoms with Crippen LogP contribution in [-0.4, -0.2) is 32.7 Å². The van der Waals surface area contributed by atoms with E-state index in [1.165, 1.54) is 31.2 Å². The van der Waals surface area contributed by atoms with Crippen LogP contribution in [0, 0.1) is 17.8 Å². The van der Waals surface area contributed by atoms with E-state index < -0.39 is 0 Å². The summed E-state index contributed by atoms with van der Waals surface area (Å²) in [6, 6.07) is 2.14. The molecular formula is C20H24N4O. The lowest BCUT2D eigenvalue weighted by atomic mass is 10.1. The molecule has 0 spiro atoms. The lowest BCUT2D eigenvalue weighted by molar-refractivity contribution is 0.00370. The molecule has 2 aromatic heterocycles. The van der Waals surface area contributed by atoms with Gasteiger partial charge in [-0.05, 0) is 50.2 Å². The summed E-state index contributed by atoms with van der Waals surface area (Å²) < 4.78 is 7.67. The Morgan fingerprint density at radius 2 is 2.20 bits per heavy atom. The Balaban J connectivity index is 1.51. The Kier molecular flexibility index (Phi) is 4.80. The molecule has 0 amide bonds. The zero-order valence-corrected chi connectivity index (χ0v) is 14.7. The molecule has 2 aliphatic rings. The van der Waals surface area contributed by atoms with Gasteiger partial charge in [-0.2, -0.15) is 0 Å². The molecule has 1 aliphatic heterocycles. The molecule has 3 heterocycles. The SMILES string of the molecule is CCc1cc(C#CC2CC2)cnc1-c1cn(C[C@@H]2CCCCO2)nn1. The summed E-state index contributed by atoms with van der Waals surface area (Å²) in [4.78, 5) is 4.63. The third kappa shape index (κ3) is 4.08. The van der Waals surface area contributed by atoms with E-state index in [0.29, 0.717) is 5.92 Å². The second-order valence-electron chi connectivity index (χ2n) is 6.94. The first kappa shape index (κ1) is 16.3. The van der Waals surface area contributed by atoms with Gasteiger partial charge < -0.3 is 4.74 Å². The van der Waals surface area contributed by atoms with Crippen LogP contribution in [0.4, 0.5) is 0 Å². The van der Waals surface area contributed by atoms with E-state index in [4.69, 9.17) is 4.74 Å². The van der Waals surface area contributed by atoms with Gasteiger partial charge >= 0.3 is 0 Å². The summed E-state index contributed by atoms with van der Waals surface area (Å²) in [5, 5.41) is 8.60. The number of hydrogen-bond acceptors (Lipinski definition) is 4. The maximum absolute atomic E-state index is 5.79. The average Bonchev–Trinajstić information content (AvgIpc) is 3.38. The Morgan fingerprint density at radius 1 is 1.28 bits per heavy atom. The number of ether oxygens (including phenoxy) is 1. The van der Waals surface area contributed by atoms with Gasteiger partial charge in [0.15, 0.2) is 0 Å². The Bertz CT molecular complexity index is 792. The maximum atomic E-state index is 5.79. The summed E-state index contributed by atoms with van der Waals surface area (Å²) in [6.45, 7) is 3.76. The van der Waals surface area contributed by atoms with Gasteiger partial charge in [0.05, 0.1) is 24.5 Å². The van der Waals surface area contributed by atoms with E-state index in [1.807, 2.05) is 17.1 Å². The molecule has 1 saturated carbocycles. The Morgan fingerprint density at radius 3 is 2.96 bits per heavy atom. The zero-order valence-electron chi connectivity index (χ0n) is 14.7. The van der Waals surface area contributed by atoms with Gasteiger partial charge in [0.2, 0.25) is 0 Å². The van der Waals surface area contributed by atoms with Crippen LogP contribution >= 0.6 is 0 Å². The summed E-state index contributed by atoms with van der Waals surface area (Å²) in [5.74, 6) is 7.15. The van der Waals surface area contributed by atoms with Crippen LogP contribution in [0.1, 0.15) is 50.2 Å². The van der Waals surface area contributed by atoms with Crippen LogP contribution in [0.2, 0.25) is 0 Å². The molecular weight excluding hydrogens is 312 g/mol. The van der Waals surface area contributed by atoms with Crippen molar-refractivity contribution < 1.29 is 4.74 Å². The lowest BCUT2D eigenvalue weighted by Gasteiger charge is -2.21. The third-order valence-electron chi connectivity index (χ3n) is 4.79. The van der Waals surface area contributed by atoms with Gasteiger partial charge in [0.1, 0.15) is 5.69 Å². The number of nitrogens with zero attached hydrogens (tertiary/aromatic N) is 4. The van der Waals surface area contributed by atoms with Crippen LogP contribution < -0.4 is 0 Å². The maximum Gasteiger partial charge on any atom is 0.131 e. The number of aromatic nitrogens is 4. The van der Waals surface area contributed by atoms with Crippen LogP contribution in [0.3, 0.4) is 0 Å². The quantitative estimate of drug-likeness (QED) is 0.805. The van der Waals surface area contributed by atoms with Crippen molar-refractivity contribution in [3.8, 4) is 23.2 Å². The molecule has 2 fully saturated rings. The first-order valence-electron chi connectivity index (χ1n) is 9.34. The molecule has 2 aromatic rings. The molecule has 0 unspecified atom stereocenters. The van der Waals surface area contributed by atoms with Gasteiger partial charge in [0, 0.05) is 24.3 Å². The second kappa shape index (κ2) is 7.37. The molecule has 130 valence electrons. The standard InChI is InChI=1S/C20H24N4O/c1-2-17-11-16(9-8-15-6-7-15)12-21-20(17)19-14-24(23-22-19)13-18-5-3-4-10-25-18/h11-12,14-15,18H,2-7,10,13H2,1H3/t18-/m0/s1. The van der Waals surface area contributed by atoms with Gasteiger partial charge in [-0.15, -0.1) is 5.10 Å². The normalized spacial score (nSPS) is 20.1. The van der Waals surface area contributed by atoms with Crippen LogP contribution in [0.25, 0.3) is 11.4 Å². The van der Waals surface area contributed by atoms with Gasteiger partial charge in [-0.25, -0.2) is 4.68 Å². The van der Waals surface area contributed by atoms with E-state index in [9.17, 15) is 0 Å². The number of rotatable bonds is 4. The van der Waals surface area contributed by atoms with Crippen molar-refractivity contribution in [3.05, 3.63) is 29.6 Å². The fraction of sp³-hybridized carbons (Fsp3) is 0.550. The van der Waals surface area contributed by atoms with Crippen molar-refractivity contribution in [2.45, 2.75) is 58.1 Å². The van der Waals surface area contributed by atoms with E-state index in [2.05, 4.69) is 40.1 Å². The predicted molar refractivity (Wildman–Crippen MR) is 95.8 cm³/mol.